The highest BCUT2D eigenvalue weighted by molar-refractivity contribution is 6.30. The highest BCUT2D eigenvalue weighted by atomic mass is 35.5. The van der Waals surface area contributed by atoms with Crippen molar-refractivity contribution in [1.29, 1.82) is 0 Å². The number of amides is 2. The number of anilines is 1. The maximum Gasteiger partial charge on any atom is 0.240 e. The molecule has 1 aromatic carbocycles. The fourth-order valence-electron chi connectivity index (χ4n) is 1.93. The third kappa shape index (κ3) is 3.31. The number of carbonyl (C=O) groups excluding carboxylic acids is 2. The Morgan fingerprint density at radius 1 is 1.10 bits per heavy atom. The molecule has 1 saturated carbocycles. The Labute approximate surface area is 123 Å². The van der Waals surface area contributed by atoms with Gasteiger partial charge in [0.05, 0.1) is 0 Å². The molecule has 0 unspecified atom stereocenters. The molecule has 20 heavy (non-hydrogen) atoms. The van der Waals surface area contributed by atoms with Gasteiger partial charge in [0.2, 0.25) is 11.8 Å². The van der Waals surface area contributed by atoms with E-state index in [1.807, 2.05) is 20.8 Å². The van der Waals surface area contributed by atoms with E-state index >= 15 is 0 Å². The number of rotatable bonds is 3. The van der Waals surface area contributed by atoms with Gasteiger partial charge in [-0.3, -0.25) is 9.59 Å². The largest absolute Gasteiger partial charge is 0.351 e. The molecule has 0 bridgehead atoms. The van der Waals surface area contributed by atoms with E-state index in [9.17, 15) is 9.59 Å². The Morgan fingerprint density at radius 3 is 2.10 bits per heavy atom. The Morgan fingerprint density at radius 2 is 1.65 bits per heavy atom. The number of hydrogen-bond acceptors (Lipinski definition) is 2. The molecular formula is C15H19ClN2O2. The molecule has 2 N–H and O–H groups in total. The summed E-state index contributed by atoms with van der Waals surface area (Å²) in [5.41, 5.74) is -0.602. The first-order valence-electron chi connectivity index (χ1n) is 6.63. The third-order valence-corrected chi connectivity index (χ3v) is 3.46. The second-order valence-corrected chi connectivity index (χ2v) is 6.68. The fraction of sp³-hybridized carbons (Fsp3) is 0.467. The van der Waals surface area contributed by atoms with Crippen molar-refractivity contribution in [2.45, 2.75) is 39.2 Å². The van der Waals surface area contributed by atoms with E-state index in [0.29, 0.717) is 23.6 Å². The SMILES string of the molecule is CC(C)(C)NC(=O)C1(C(=O)Nc2ccc(Cl)cc2)CC1. The van der Waals surface area contributed by atoms with E-state index in [4.69, 9.17) is 11.6 Å². The summed E-state index contributed by atoms with van der Waals surface area (Å²) in [5, 5.41) is 6.26. The van der Waals surface area contributed by atoms with Crippen molar-refractivity contribution in [3.63, 3.8) is 0 Å². The first-order chi connectivity index (χ1) is 9.23. The molecule has 1 aliphatic rings. The molecule has 4 nitrogen and oxygen atoms in total. The monoisotopic (exact) mass is 294 g/mol. The summed E-state index contributed by atoms with van der Waals surface area (Å²) < 4.78 is 0. The van der Waals surface area contributed by atoms with E-state index in [1.165, 1.54) is 0 Å². The first-order valence-corrected chi connectivity index (χ1v) is 7.00. The Balaban J connectivity index is 2.05. The van der Waals surface area contributed by atoms with Crippen LogP contribution in [0.5, 0.6) is 0 Å². The lowest BCUT2D eigenvalue weighted by atomic mass is 10.0. The van der Waals surface area contributed by atoms with Crippen LogP contribution in [0.1, 0.15) is 33.6 Å². The van der Waals surface area contributed by atoms with Crippen LogP contribution in [-0.2, 0) is 9.59 Å². The van der Waals surface area contributed by atoms with Crippen LogP contribution in [0.2, 0.25) is 5.02 Å². The zero-order valence-corrected chi connectivity index (χ0v) is 12.7. The van der Waals surface area contributed by atoms with Gasteiger partial charge < -0.3 is 10.6 Å². The van der Waals surface area contributed by atoms with Crippen LogP contribution in [0.15, 0.2) is 24.3 Å². The van der Waals surface area contributed by atoms with Crippen LogP contribution >= 0.6 is 11.6 Å². The number of benzene rings is 1. The summed E-state index contributed by atoms with van der Waals surface area (Å²) in [6.07, 6.45) is 1.18. The summed E-state index contributed by atoms with van der Waals surface area (Å²) >= 11 is 5.80. The van der Waals surface area contributed by atoms with Gasteiger partial charge in [-0.2, -0.15) is 0 Å². The Bertz CT molecular complexity index is 528. The second-order valence-electron chi connectivity index (χ2n) is 6.25. The molecule has 0 atom stereocenters. The molecule has 0 radical (unpaired) electrons. The van der Waals surface area contributed by atoms with Gasteiger partial charge in [-0.15, -0.1) is 0 Å². The summed E-state index contributed by atoms with van der Waals surface area (Å²) in [6, 6.07) is 6.84. The normalized spacial score (nSPS) is 16.4. The standard InChI is InChI=1S/C15H19ClN2O2/c1-14(2,3)18-13(20)15(8-9-15)12(19)17-11-6-4-10(16)5-7-11/h4-7H,8-9H2,1-3H3,(H,17,19)(H,18,20). The third-order valence-electron chi connectivity index (χ3n) is 3.21. The average Bonchev–Trinajstić information content (AvgIpc) is 3.11. The van der Waals surface area contributed by atoms with Crippen LogP contribution in [0, 0.1) is 5.41 Å². The molecule has 0 heterocycles. The van der Waals surface area contributed by atoms with Crippen molar-refractivity contribution >= 4 is 29.1 Å². The van der Waals surface area contributed by atoms with Crippen molar-refractivity contribution in [2.75, 3.05) is 5.32 Å². The molecule has 2 rings (SSSR count). The number of halogens is 1. The van der Waals surface area contributed by atoms with Crippen molar-refractivity contribution in [2.24, 2.45) is 5.41 Å². The highest BCUT2D eigenvalue weighted by Crippen LogP contribution is 2.47. The van der Waals surface area contributed by atoms with Crippen molar-refractivity contribution < 1.29 is 9.59 Å². The molecular weight excluding hydrogens is 276 g/mol. The molecule has 5 heteroatoms. The van der Waals surface area contributed by atoms with E-state index in [-0.39, 0.29) is 17.4 Å². The number of carbonyl (C=O) groups is 2. The lowest BCUT2D eigenvalue weighted by Gasteiger charge is -2.24. The minimum absolute atomic E-state index is 0.198. The maximum absolute atomic E-state index is 12.3. The van der Waals surface area contributed by atoms with Crippen LogP contribution in [0.4, 0.5) is 5.69 Å². The van der Waals surface area contributed by atoms with Gasteiger partial charge in [0.15, 0.2) is 0 Å². The molecule has 0 aromatic heterocycles. The molecule has 0 spiro atoms. The zero-order valence-electron chi connectivity index (χ0n) is 11.9. The lowest BCUT2D eigenvalue weighted by Crippen LogP contribution is -2.48. The zero-order chi connectivity index (χ0) is 15.0. The van der Waals surface area contributed by atoms with Crippen LogP contribution < -0.4 is 10.6 Å². The topological polar surface area (TPSA) is 58.2 Å². The molecule has 2 amide bonds. The molecule has 1 aliphatic carbocycles. The highest BCUT2D eigenvalue weighted by Gasteiger charge is 2.57. The van der Waals surface area contributed by atoms with Crippen LogP contribution in [0.25, 0.3) is 0 Å². The first kappa shape index (κ1) is 14.9. The second kappa shape index (κ2) is 5.09. The average molecular weight is 295 g/mol. The van der Waals surface area contributed by atoms with Crippen molar-refractivity contribution in [3.05, 3.63) is 29.3 Å². The number of nitrogens with one attached hydrogen (secondary N) is 2. The van der Waals surface area contributed by atoms with Gasteiger partial charge in [0.1, 0.15) is 5.41 Å². The summed E-state index contributed by atoms with van der Waals surface area (Å²) in [6.45, 7) is 5.70. The van der Waals surface area contributed by atoms with Gasteiger partial charge in [-0.05, 0) is 57.9 Å². The quantitative estimate of drug-likeness (QED) is 0.842. The van der Waals surface area contributed by atoms with E-state index in [2.05, 4.69) is 10.6 Å². The van der Waals surface area contributed by atoms with Gasteiger partial charge in [0, 0.05) is 16.2 Å². The summed E-state index contributed by atoms with van der Waals surface area (Å²) in [7, 11) is 0. The predicted molar refractivity (Wildman–Crippen MR) is 79.6 cm³/mol. The molecule has 108 valence electrons. The minimum atomic E-state index is -0.910. The van der Waals surface area contributed by atoms with Crippen molar-refractivity contribution in [3.8, 4) is 0 Å². The van der Waals surface area contributed by atoms with Gasteiger partial charge in [-0.25, -0.2) is 0 Å². The fourth-order valence-corrected chi connectivity index (χ4v) is 2.05. The molecule has 1 fully saturated rings. The lowest BCUT2D eigenvalue weighted by molar-refractivity contribution is -0.135. The molecule has 0 aliphatic heterocycles. The Hall–Kier alpha value is -1.55. The maximum atomic E-state index is 12.3. The molecule has 1 aromatic rings. The van der Waals surface area contributed by atoms with Gasteiger partial charge in [0.25, 0.3) is 0 Å². The van der Waals surface area contributed by atoms with E-state index in [0.717, 1.165) is 0 Å². The van der Waals surface area contributed by atoms with Crippen LogP contribution in [0.3, 0.4) is 0 Å². The summed E-state index contributed by atoms with van der Waals surface area (Å²) in [4.78, 5) is 24.5. The minimum Gasteiger partial charge on any atom is -0.351 e. The smallest absolute Gasteiger partial charge is 0.240 e. The molecule has 0 saturated heterocycles. The van der Waals surface area contributed by atoms with Gasteiger partial charge >= 0.3 is 0 Å². The number of hydrogen-bond donors (Lipinski definition) is 2. The van der Waals surface area contributed by atoms with E-state index in [1.54, 1.807) is 24.3 Å². The Kier molecular flexibility index (Phi) is 3.78. The van der Waals surface area contributed by atoms with Crippen molar-refractivity contribution in [1.82, 2.24) is 5.32 Å². The van der Waals surface area contributed by atoms with Gasteiger partial charge in [-0.1, -0.05) is 11.6 Å². The predicted octanol–water partition coefficient (Wildman–Crippen LogP) is 2.97. The van der Waals surface area contributed by atoms with Crippen LogP contribution in [-0.4, -0.2) is 17.4 Å². The summed E-state index contributed by atoms with van der Waals surface area (Å²) in [5.74, 6) is -0.446. The van der Waals surface area contributed by atoms with E-state index < -0.39 is 5.41 Å².